The Morgan fingerprint density at radius 2 is 2.24 bits per heavy atom. The van der Waals surface area contributed by atoms with Crippen molar-refractivity contribution < 1.29 is 13.5 Å². The standard InChI is InChI=1S/C13H15ClF2N4O/c1-20-8-18-12(19-20)4-5-17-7-9-6-10(14)2-3-11(9)21-13(15)16/h2-3,6,8,13,17H,4-5,7H2,1H3. The minimum Gasteiger partial charge on any atom is -0.434 e. The zero-order chi connectivity index (χ0) is 15.2. The molecule has 0 amide bonds. The van der Waals surface area contributed by atoms with Gasteiger partial charge in [-0.05, 0) is 18.2 Å². The number of rotatable bonds is 7. The Morgan fingerprint density at radius 1 is 1.43 bits per heavy atom. The largest absolute Gasteiger partial charge is 0.434 e. The zero-order valence-corrected chi connectivity index (χ0v) is 12.1. The van der Waals surface area contributed by atoms with Crippen LogP contribution < -0.4 is 10.1 Å². The Bertz CT molecular complexity index is 591. The maximum Gasteiger partial charge on any atom is 0.387 e. The zero-order valence-electron chi connectivity index (χ0n) is 11.4. The molecule has 114 valence electrons. The first-order valence-electron chi connectivity index (χ1n) is 6.33. The molecule has 0 atom stereocenters. The van der Waals surface area contributed by atoms with Gasteiger partial charge in [0.15, 0.2) is 5.82 Å². The van der Waals surface area contributed by atoms with Gasteiger partial charge >= 0.3 is 6.61 Å². The van der Waals surface area contributed by atoms with Gasteiger partial charge in [0.25, 0.3) is 0 Å². The van der Waals surface area contributed by atoms with E-state index in [-0.39, 0.29) is 5.75 Å². The molecule has 0 saturated heterocycles. The molecular formula is C13H15ClF2N4O. The second-order valence-electron chi connectivity index (χ2n) is 4.39. The van der Waals surface area contributed by atoms with Crippen molar-refractivity contribution in [1.82, 2.24) is 20.1 Å². The predicted molar refractivity (Wildman–Crippen MR) is 74.5 cm³/mol. The van der Waals surface area contributed by atoms with Crippen LogP contribution in [0.1, 0.15) is 11.4 Å². The van der Waals surface area contributed by atoms with Crippen LogP contribution in [0.5, 0.6) is 5.75 Å². The number of nitrogens with zero attached hydrogens (tertiary/aromatic N) is 3. The third-order valence-corrected chi connectivity index (χ3v) is 2.96. The number of nitrogens with one attached hydrogen (secondary N) is 1. The van der Waals surface area contributed by atoms with Crippen LogP contribution in [-0.2, 0) is 20.0 Å². The van der Waals surface area contributed by atoms with Crippen molar-refractivity contribution >= 4 is 11.6 Å². The molecule has 0 aliphatic heterocycles. The minimum atomic E-state index is -2.86. The van der Waals surface area contributed by atoms with Gasteiger partial charge in [-0.2, -0.15) is 13.9 Å². The molecule has 2 rings (SSSR count). The summed E-state index contributed by atoms with van der Waals surface area (Å²) in [6.45, 7) is -1.87. The summed E-state index contributed by atoms with van der Waals surface area (Å²) >= 11 is 5.87. The molecule has 2 aromatic rings. The van der Waals surface area contributed by atoms with Crippen LogP contribution in [0.25, 0.3) is 0 Å². The normalized spacial score (nSPS) is 11.1. The fourth-order valence-electron chi connectivity index (χ4n) is 1.82. The van der Waals surface area contributed by atoms with Gasteiger partial charge in [0, 0.05) is 37.1 Å². The molecule has 0 saturated carbocycles. The van der Waals surface area contributed by atoms with Gasteiger partial charge in [-0.3, -0.25) is 4.68 Å². The minimum absolute atomic E-state index is 0.123. The number of hydrogen-bond donors (Lipinski definition) is 1. The number of aryl methyl sites for hydroxylation is 1. The average Bonchev–Trinajstić information content (AvgIpc) is 2.83. The van der Waals surface area contributed by atoms with Gasteiger partial charge in [-0.1, -0.05) is 11.6 Å². The van der Waals surface area contributed by atoms with Crippen molar-refractivity contribution in [2.75, 3.05) is 6.54 Å². The van der Waals surface area contributed by atoms with Gasteiger partial charge in [-0.15, -0.1) is 0 Å². The van der Waals surface area contributed by atoms with Crippen LogP contribution >= 0.6 is 11.6 Å². The van der Waals surface area contributed by atoms with E-state index in [0.29, 0.717) is 30.1 Å². The highest BCUT2D eigenvalue weighted by molar-refractivity contribution is 6.30. The van der Waals surface area contributed by atoms with Crippen LogP contribution in [0.3, 0.4) is 0 Å². The Balaban J connectivity index is 1.88. The van der Waals surface area contributed by atoms with Crippen molar-refractivity contribution in [3.63, 3.8) is 0 Å². The second-order valence-corrected chi connectivity index (χ2v) is 4.83. The maximum absolute atomic E-state index is 12.3. The van der Waals surface area contributed by atoms with E-state index >= 15 is 0 Å². The lowest BCUT2D eigenvalue weighted by Crippen LogP contribution is -2.18. The fraction of sp³-hybridized carbons (Fsp3) is 0.385. The first kappa shape index (κ1) is 15.7. The van der Waals surface area contributed by atoms with Crippen LogP contribution in [0.2, 0.25) is 5.02 Å². The van der Waals surface area contributed by atoms with Crippen molar-refractivity contribution in [2.24, 2.45) is 7.05 Å². The predicted octanol–water partition coefficient (Wildman–Crippen LogP) is 2.40. The third-order valence-electron chi connectivity index (χ3n) is 2.73. The third kappa shape index (κ3) is 4.95. The van der Waals surface area contributed by atoms with Gasteiger partial charge in [-0.25, -0.2) is 4.98 Å². The molecule has 1 aromatic heterocycles. The van der Waals surface area contributed by atoms with E-state index in [1.807, 2.05) is 0 Å². The molecule has 5 nitrogen and oxygen atoms in total. The summed E-state index contributed by atoms with van der Waals surface area (Å²) in [5, 5.41) is 7.75. The number of halogens is 3. The quantitative estimate of drug-likeness (QED) is 0.797. The average molecular weight is 317 g/mol. The van der Waals surface area contributed by atoms with E-state index in [2.05, 4.69) is 20.1 Å². The van der Waals surface area contributed by atoms with Crippen LogP contribution in [0, 0.1) is 0 Å². The Morgan fingerprint density at radius 3 is 2.90 bits per heavy atom. The molecule has 8 heteroatoms. The summed E-state index contributed by atoms with van der Waals surface area (Å²) in [4.78, 5) is 4.10. The molecule has 1 N–H and O–H groups in total. The summed E-state index contributed by atoms with van der Waals surface area (Å²) in [7, 11) is 1.80. The molecule has 21 heavy (non-hydrogen) atoms. The molecule has 1 aromatic carbocycles. The topological polar surface area (TPSA) is 52.0 Å². The van der Waals surface area contributed by atoms with Gasteiger partial charge in [0.2, 0.25) is 0 Å². The Kier molecular flexibility index (Phi) is 5.46. The molecule has 0 unspecified atom stereocenters. The highest BCUT2D eigenvalue weighted by Gasteiger charge is 2.10. The molecule has 0 aliphatic rings. The van der Waals surface area contributed by atoms with Crippen molar-refractivity contribution in [3.05, 3.63) is 40.9 Å². The SMILES string of the molecule is Cn1cnc(CCNCc2cc(Cl)ccc2OC(F)F)n1. The molecular weight excluding hydrogens is 302 g/mol. The van der Waals surface area contributed by atoms with Crippen LogP contribution in [-0.4, -0.2) is 27.9 Å². The smallest absolute Gasteiger partial charge is 0.387 e. The molecule has 0 aliphatic carbocycles. The first-order valence-corrected chi connectivity index (χ1v) is 6.71. The lowest BCUT2D eigenvalue weighted by molar-refractivity contribution is -0.0504. The number of benzene rings is 1. The van der Waals surface area contributed by atoms with Crippen LogP contribution in [0.15, 0.2) is 24.5 Å². The van der Waals surface area contributed by atoms with Gasteiger partial charge in [0.1, 0.15) is 12.1 Å². The number of aromatic nitrogens is 3. The van der Waals surface area contributed by atoms with E-state index in [9.17, 15) is 8.78 Å². The summed E-state index contributed by atoms with van der Waals surface area (Å²) in [6, 6.07) is 4.55. The molecule has 0 radical (unpaired) electrons. The lowest BCUT2D eigenvalue weighted by Gasteiger charge is -2.11. The van der Waals surface area contributed by atoms with E-state index in [1.54, 1.807) is 24.1 Å². The lowest BCUT2D eigenvalue weighted by atomic mass is 10.2. The molecule has 0 bridgehead atoms. The molecule has 1 heterocycles. The highest BCUT2D eigenvalue weighted by Crippen LogP contribution is 2.24. The number of alkyl halides is 2. The first-order chi connectivity index (χ1) is 10.0. The van der Waals surface area contributed by atoms with E-state index in [1.165, 1.54) is 12.1 Å². The van der Waals surface area contributed by atoms with E-state index < -0.39 is 6.61 Å². The van der Waals surface area contributed by atoms with Gasteiger partial charge < -0.3 is 10.1 Å². The molecule has 0 fully saturated rings. The van der Waals surface area contributed by atoms with E-state index in [0.717, 1.165) is 5.82 Å². The van der Waals surface area contributed by atoms with Crippen molar-refractivity contribution in [1.29, 1.82) is 0 Å². The van der Waals surface area contributed by atoms with Crippen molar-refractivity contribution in [2.45, 2.75) is 19.6 Å². The van der Waals surface area contributed by atoms with Crippen molar-refractivity contribution in [3.8, 4) is 5.75 Å². The Labute approximate surface area is 125 Å². The second kappa shape index (κ2) is 7.33. The monoisotopic (exact) mass is 316 g/mol. The molecule has 0 spiro atoms. The Hall–Kier alpha value is -1.73. The maximum atomic E-state index is 12.3. The summed E-state index contributed by atoms with van der Waals surface area (Å²) in [5.74, 6) is 0.845. The van der Waals surface area contributed by atoms with E-state index in [4.69, 9.17) is 11.6 Å². The fourth-order valence-corrected chi connectivity index (χ4v) is 2.01. The number of hydrogen-bond acceptors (Lipinski definition) is 4. The van der Waals surface area contributed by atoms with Gasteiger partial charge in [0.05, 0.1) is 0 Å². The highest BCUT2D eigenvalue weighted by atomic mass is 35.5. The summed E-state index contributed by atoms with van der Waals surface area (Å²) < 4.78 is 30.7. The summed E-state index contributed by atoms with van der Waals surface area (Å²) in [6.07, 6.45) is 2.27. The van der Waals surface area contributed by atoms with Crippen LogP contribution in [0.4, 0.5) is 8.78 Å². The number of ether oxygens (including phenoxy) is 1. The summed E-state index contributed by atoms with van der Waals surface area (Å²) in [5.41, 5.74) is 0.580.